The zero-order valence-electron chi connectivity index (χ0n) is 13.7. The molecule has 3 aliphatic carbocycles. The van der Waals surface area contributed by atoms with Crippen molar-refractivity contribution < 1.29 is 9.59 Å². The third kappa shape index (κ3) is 1.74. The van der Waals surface area contributed by atoms with Crippen LogP contribution in [0.2, 0.25) is 0 Å². The van der Waals surface area contributed by atoms with Crippen molar-refractivity contribution in [3.63, 3.8) is 0 Å². The molecular weight excluding hydrogens is 274 g/mol. The highest BCUT2D eigenvalue weighted by atomic mass is 16.1. The summed E-state index contributed by atoms with van der Waals surface area (Å²) in [5.41, 5.74) is 0.338. The lowest BCUT2D eigenvalue weighted by atomic mass is 9.48. The Morgan fingerprint density at radius 1 is 1.14 bits per heavy atom. The number of fused-ring (bicyclic) bond motifs is 5. The number of carbonyl (C=O) groups excluding carboxylic acids is 2. The van der Waals surface area contributed by atoms with Gasteiger partial charge in [-0.1, -0.05) is 19.9 Å². The van der Waals surface area contributed by atoms with E-state index in [1.807, 2.05) is 0 Å². The molecule has 3 heteroatoms. The third-order valence-electron chi connectivity index (χ3n) is 7.92. The summed E-state index contributed by atoms with van der Waals surface area (Å²) < 4.78 is 0. The highest BCUT2D eigenvalue weighted by Gasteiger charge is 2.59. The van der Waals surface area contributed by atoms with E-state index in [1.165, 1.54) is 32.0 Å². The van der Waals surface area contributed by atoms with Gasteiger partial charge in [-0.25, -0.2) is 0 Å². The van der Waals surface area contributed by atoms with Gasteiger partial charge in [0.15, 0.2) is 0 Å². The van der Waals surface area contributed by atoms with Crippen LogP contribution in [0.25, 0.3) is 0 Å². The molecule has 3 nitrogen and oxygen atoms in total. The van der Waals surface area contributed by atoms with Gasteiger partial charge in [0, 0.05) is 17.4 Å². The standard InChI is InChI=1S/C19H27NO2/c1-18-9-7-15-13(14(18)5-3-12(18)11-21)4-6-16-19(15,2)10-8-17(22)20-16/h8,10-16H,3-7,9H2,1-2H3,(H,20,22)/t12?,13-,14-,15+,16?,18+,19+/m0/s1. The van der Waals surface area contributed by atoms with E-state index in [1.54, 1.807) is 6.08 Å². The number of nitrogens with one attached hydrogen (secondary N) is 1. The fourth-order valence-electron chi connectivity index (χ4n) is 6.60. The lowest BCUT2D eigenvalue weighted by Crippen LogP contribution is -2.59. The van der Waals surface area contributed by atoms with Gasteiger partial charge < -0.3 is 10.1 Å². The Morgan fingerprint density at radius 2 is 1.95 bits per heavy atom. The monoisotopic (exact) mass is 301 g/mol. The number of rotatable bonds is 1. The Hall–Kier alpha value is -1.12. The first kappa shape index (κ1) is 14.5. The predicted molar refractivity (Wildman–Crippen MR) is 85.0 cm³/mol. The van der Waals surface area contributed by atoms with E-state index < -0.39 is 0 Å². The molecule has 2 unspecified atom stereocenters. The lowest BCUT2D eigenvalue weighted by molar-refractivity contribution is -0.125. The van der Waals surface area contributed by atoms with Gasteiger partial charge in [-0.05, 0) is 67.8 Å². The second-order valence-corrected chi connectivity index (χ2v) is 8.58. The summed E-state index contributed by atoms with van der Waals surface area (Å²) >= 11 is 0. The molecule has 0 bridgehead atoms. The molecule has 7 atom stereocenters. The van der Waals surface area contributed by atoms with Gasteiger partial charge in [0.2, 0.25) is 5.91 Å². The van der Waals surface area contributed by atoms with E-state index in [9.17, 15) is 9.59 Å². The number of hydrogen-bond donors (Lipinski definition) is 1. The summed E-state index contributed by atoms with van der Waals surface area (Å²) in [4.78, 5) is 23.2. The van der Waals surface area contributed by atoms with Gasteiger partial charge in [0.25, 0.3) is 0 Å². The minimum atomic E-state index is 0.0726. The number of carbonyl (C=O) groups is 2. The molecule has 0 spiro atoms. The molecule has 0 aromatic heterocycles. The van der Waals surface area contributed by atoms with Crippen LogP contribution in [0.4, 0.5) is 0 Å². The minimum Gasteiger partial charge on any atom is -0.349 e. The van der Waals surface area contributed by atoms with Gasteiger partial charge in [-0.2, -0.15) is 0 Å². The Morgan fingerprint density at radius 3 is 2.73 bits per heavy atom. The average molecular weight is 301 g/mol. The van der Waals surface area contributed by atoms with Crippen LogP contribution in [0, 0.1) is 34.5 Å². The molecule has 3 fully saturated rings. The highest BCUT2D eigenvalue weighted by Crippen LogP contribution is 2.64. The summed E-state index contributed by atoms with van der Waals surface area (Å²) in [5, 5.41) is 3.20. The van der Waals surface area contributed by atoms with Crippen molar-refractivity contribution in [3.8, 4) is 0 Å². The Balaban J connectivity index is 1.67. The molecule has 0 aromatic rings. The summed E-state index contributed by atoms with van der Waals surface area (Å²) in [6.45, 7) is 4.71. The summed E-state index contributed by atoms with van der Waals surface area (Å²) in [6, 6.07) is 0.305. The van der Waals surface area contributed by atoms with Crippen LogP contribution < -0.4 is 5.32 Å². The van der Waals surface area contributed by atoms with Gasteiger partial charge >= 0.3 is 0 Å². The first-order valence-corrected chi connectivity index (χ1v) is 8.94. The average Bonchev–Trinajstić information content (AvgIpc) is 2.84. The number of aldehydes is 1. The molecule has 1 amide bonds. The highest BCUT2D eigenvalue weighted by molar-refractivity contribution is 5.89. The van der Waals surface area contributed by atoms with E-state index >= 15 is 0 Å². The molecule has 3 saturated carbocycles. The molecule has 4 rings (SSSR count). The smallest absolute Gasteiger partial charge is 0.243 e. The molecule has 0 saturated heterocycles. The van der Waals surface area contributed by atoms with Crippen LogP contribution in [-0.2, 0) is 9.59 Å². The van der Waals surface area contributed by atoms with Crippen LogP contribution >= 0.6 is 0 Å². The molecule has 4 aliphatic rings. The van der Waals surface area contributed by atoms with E-state index in [0.717, 1.165) is 18.8 Å². The van der Waals surface area contributed by atoms with Crippen LogP contribution in [-0.4, -0.2) is 18.2 Å². The molecule has 22 heavy (non-hydrogen) atoms. The summed E-state index contributed by atoms with van der Waals surface area (Å²) in [6.07, 6.45) is 12.2. The number of hydrogen-bond acceptors (Lipinski definition) is 2. The van der Waals surface area contributed by atoms with Gasteiger partial charge in [-0.3, -0.25) is 4.79 Å². The van der Waals surface area contributed by atoms with E-state index in [-0.39, 0.29) is 22.7 Å². The van der Waals surface area contributed by atoms with Crippen molar-refractivity contribution in [2.75, 3.05) is 0 Å². The molecule has 1 aliphatic heterocycles. The topological polar surface area (TPSA) is 46.2 Å². The summed E-state index contributed by atoms with van der Waals surface area (Å²) in [5.74, 6) is 2.43. The zero-order chi connectivity index (χ0) is 15.5. The van der Waals surface area contributed by atoms with Gasteiger partial charge in [-0.15, -0.1) is 0 Å². The van der Waals surface area contributed by atoms with E-state index in [4.69, 9.17) is 0 Å². The van der Waals surface area contributed by atoms with Gasteiger partial charge in [0.1, 0.15) is 6.29 Å². The van der Waals surface area contributed by atoms with Crippen LogP contribution in [0.15, 0.2) is 12.2 Å². The molecule has 1 heterocycles. The van der Waals surface area contributed by atoms with Crippen LogP contribution in [0.5, 0.6) is 0 Å². The lowest BCUT2D eigenvalue weighted by Gasteiger charge is -2.58. The molecule has 120 valence electrons. The Kier molecular flexibility index (Phi) is 3.08. The van der Waals surface area contributed by atoms with Gasteiger partial charge in [0.05, 0.1) is 0 Å². The SMILES string of the molecule is C[C@]12C=CC(=O)NC1CC[C@@H]1[C@H]2CC[C@]2(C)C(C=O)CC[C@@H]12. The molecule has 0 aromatic carbocycles. The van der Waals surface area contributed by atoms with Crippen molar-refractivity contribution in [2.24, 2.45) is 34.5 Å². The Labute approximate surface area is 132 Å². The maximum absolute atomic E-state index is 11.7. The van der Waals surface area contributed by atoms with Crippen molar-refractivity contribution in [2.45, 2.75) is 58.4 Å². The van der Waals surface area contributed by atoms with Crippen molar-refractivity contribution >= 4 is 12.2 Å². The second-order valence-electron chi connectivity index (χ2n) is 8.58. The van der Waals surface area contributed by atoms with E-state index in [2.05, 4.69) is 25.2 Å². The van der Waals surface area contributed by atoms with Crippen molar-refractivity contribution in [1.82, 2.24) is 5.32 Å². The molecular formula is C19H27NO2. The first-order chi connectivity index (χ1) is 10.5. The molecule has 0 radical (unpaired) electrons. The maximum Gasteiger partial charge on any atom is 0.243 e. The van der Waals surface area contributed by atoms with Crippen LogP contribution in [0.3, 0.4) is 0 Å². The van der Waals surface area contributed by atoms with E-state index in [0.29, 0.717) is 17.9 Å². The number of amides is 1. The summed E-state index contributed by atoms with van der Waals surface area (Å²) in [7, 11) is 0. The van der Waals surface area contributed by atoms with Crippen LogP contribution in [0.1, 0.15) is 52.4 Å². The minimum absolute atomic E-state index is 0.0726. The normalized spacial score (nSPS) is 53.2. The zero-order valence-corrected chi connectivity index (χ0v) is 13.7. The van der Waals surface area contributed by atoms with Crippen molar-refractivity contribution in [1.29, 1.82) is 0 Å². The fourth-order valence-corrected chi connectivity index (χ4v) is 6.60. The molecule has 1 N–H and O–H groups in total. The first-order valence-electron chi connectivity index (χ1n) is 8.94. The quantitative estimate of drug-likeness (QED) is 0.757. The third-order valence-corrected chi connectivity index (χ3v) is 7.92. The van der Waals surface area contributed by atoms with Crippen molar-refractivity contribution in [3.05, 3.63) is 12.2 Å². The predicted octanol–water partition coefficient (Wildman–Crippen LogP) is 3.10. The Bertz CT molecular complexity index is 542. The second kappa shape index (κ2) is 4.69. The maximum atomic E-state index is 11.7. The largest absolute Gasteiger partial charge is 0.349 e. The fraction of sp³-hybridized carbons (Fsp3) is 0.789.